The molecule has 1 rings (SSSR count). The lowest BCUT2D eigenvalue weighted by Gasteiger charge is -1.99. The first-order valence-electron chi connectivity index (χ1n) is 4.39. The van der Waals surface area contributed by atoms with Crippen LogP contribution in [0.4, 0.5) is 5.82 Å². The van der Waals surface area contributed by atoms with E-state index in [1.165, 1.54) is 6.08 Å². The molecule has 80 valence electrons. The van der Waals surface area contributed by atoms with Gasteiger partial charge in [0.1, 0.15) is 5.82 Å². The molecule has 5 heteroatoms. The Morgan fingerprint density at radius 1 is 1.73 bits per heavy atom. The number of ether oxygens (including phenoxy) is 1. The first-order chi connectivity index (χ1) is 7.13. The molecule has 2 N–H and O–H groups in total. The topological polar surface area (TPSA) is 65.2 Å². The van der Waals surface area contributed by atoms with Gasteiger partial charge in [-0.05, 0) is 35.0 Å². The molecule has 1 heterocycles. The number of esters is 1. The van der Waals surface area contributed by atoms with Crippen molar-refractivity contribution in [3.63, 3.8) is 0 Å². The number of halogens is 1. The first-order valence-corrected chi connectivity index (χ1v) is 5.18. The van der Waals surface area contributed by atoms with Crippen LogP contribution in [0.3, 0.4) is 0 Å². The Morgan fingerprint density at radius 2 is 2.47 bits per heavy atom. The molecule has 0 fully saturated rings. The SMILES string of the molecule is CCOC(=O)/C=C\c1cc(Br)cnc1N. The normalized spacial score (nSPS) is 10.5. The van der Waals surface area contributed by atoms with E-state index in [0.29, 0.717) is 18.0 Å². The smallest absolute Gasteiger partial charge is 0.330 e. The number of rotatable bonds is 3. The van der Waals surface area contributed by atoms with E-state index in [4.69, 9.17) is 10.5 Å². The van der Waals surface area contributed by atoms with Crippen LogP contribution < -0.4 is 5.73 Å². The maximum absolute atomic E-state index is 11.0. The number of carbonyl (C=O) groups excluding carboxylic acids is 1. The van der Waals surface area contributed by atoms with Crippen LogP contribution in [0.2, 0.25) is 0 Å². The van der Waals surface area contributed by atoms with E-state index in [1.54, 1.807) is 25.3 Å². The van der Waals surface area contributed by atoms with Crippen molar-refractivity contribution in [3.05, 3.63) is 28.4 Å². The molecule has 4 nitrogen and oxygen atoms in total. The van der Waals surface area contributed by atoms with Gasteiger partial charge >= 0.3 is 5.97 Å². The molecule has 0 unspecified atom stereocenters. The van der Waals surface area contributed by atoms with Gasteiger partial charge in [-0.3, -0.25) is 0 Å². The standard InChI is InChI=1S/C10H11BrN2O2/c1-2-15-9(14)4-3-7-5-8(11)6-13-10(7)12/h3-6H,2H2,1H3,(H2,12,13)/b4-3-. The molecule has 0 aromatic carbocycles. The third kappa shape index (κ3) is 3.71. The van der Waals surface area contributed by atoms with Gasteiger partial charge in [0.25, 0.3) is 0 Å². The molecule has 1 aromatic rings. The fourth-order valence-corrected chi connectivity index (χ4v) is 1.30. The Balaban J connectivity index is 2.79. The molecule has 0 bridgehead atoms. The lowest BCUT2D eigenvalue weighted by molar-refractivity contribution is -0.137. The number of hydrogen-bond donors (Lipinski definition) is 1. The third-order valence-electron chi connectivity index (χ3n) is 1.60. The molecule has 0 spiro atoms. The van der Waals surface area contributed by atoms with Gasteiger partial charge < -0.3 is 10.5 Å². The molecular formula is C10H11BrN2O2. The minimum atomic E-state index is -0.392. The Labute approximate surface area is 96.3 Å². The number of nitrogens with zero attached hydrogens (tertiary/aromatic N) is 1. The Bertz CT molecular complexity index is 391. The van der Waals surface area contributed by atoms with E-state index in [-0.39, 0.29) is 0 Å². The first kappa shape index (κ1) is 11.7. The van der Waals surface area contributed by atoms with Crippen LogP contribution in [0.15, 0.2) is 22.8 Å². The average molecular weight is 271 g/mol. The molecule has 0 aliphatic heterocycles. The maximum Gasteiger partial charge on any atom is 0.330 e. The predicted molar refractivity (Wildman–Crippen MR) is 62.0 cm³/mol. The number of carbonyl (C=O) groups is 1. The molecule has 0 radical (unpaired) electrons. The second kappa shape index (κ2) is 5.50. The summed E-state index contributed by atoms with van der Waals surface area (Å²) < 4.78 is 5.54. The zero-order chi connectivity index (χ0) is 11.3. The molecule has 0 aliphatic rings. The van der Waals surface area contributed by atoms with Crippen molar-refractivity contribution in [1.82, 2.24) is 4.98 Å². The van der Waals surface area contributed by atoms with E-state index in [2.05, 4.69) is 20.9 Å². The van der Waals surface area contributed by atoms with Gasteiger partial charge in [-0.15, -0.1) is 0 Å². The Hall–Kier alpha value is -1.36. The van der Waals surface area contributed by atoms with Crippen LogP contribution in [0.25, 0.3) is 6.08 Å². The summed E-state index contributed by atoms with van der Waals surface area (Å²) in [5.74, 6) is -0.0179. The number of anilines is 1. The van der Waals surface area contributed by atoms with E-state index in [9.17, 15) is 4.79 Å². The third-order valence-corrected chi connectivity index (χ3v) is 2.04. The van der Waals surface area contributed by atoms with Crippen LogP contribution in [0.5, 0.6) is 0 Å². The van der Waals surface area contributed by atoms with Crippen molar-refractivity contribution in [2.24, 2.45) is 0 Å². The van der Waals surface area contributed by atoms with E-state index >= 15 is 0 Å². The highest BCUT2D eigenvalue weighted by molar-refractivity contribution is 9.10. The monoisotopic (exact) mass is 270 g/mol. The summed E-state index contributed by atoms with van der Waals surface area (Å²) in [4.78, 5) is 15.0. The second-order valence-corrected chi connectivity index (χ2v) is 3.63. The molecule has 0 aliphatic carbocycles. The minimum Gasteiger partial charge on any atom is -0.463 e. The zero-order valence-corrected chi connectivity index (χ0v) is 9.82. The van der Waals surface area contributed by atoms with Gasteiger partial charge in [0.2, 0.25) is 0 Å². The van der Waals surface area contributed by atoms with E-state index in [1.807, 2.05) is 0 Å². The quantitative estimate of drug-likeness (QED) is 0.674. The largest absolute Gasteiger partial charge is 0.463 e. The van der Waals surface area contributed by atoms with Crippen LogP contribution in [-0.4, -0.2) is 17.6 Å². The lowest BCUT2D eigenvalue weighted by atomic mass is 10.2. The molecule has 0 saturated heterocycles. The van der Waals surface area contributed by atoms with Crippen LogP contribution in [0.1, 0.15) is 12.5 Å². The summed E-state index contributed by atoms with van der Waals surface area (Å²) in [6.07, 6.45) is 4.49. The summed E-state index contributed by atoms with van der Waals surface area (Å²) >= 11 is 3.27. The van der Waals surface area contributed by atoms with Gasteiger partial charge in [-0.1, -0.05) is 0 Å². The highest BCUT2D eigenvalue weighted by Gasteiger charge is 1.99. The zero-order valence-electron chi connectivity index (χ0n) is 8.24. The van der Waals surface area contributed by atoms with Crippen molar-refractivity contribution in [2.75, 3.05) is 12.3 Å². The Morgan fingerprint density at radius 3 is 3.13 bits per heavy atom. The summed E-state index contributed by atoms with van der Waals surface area (Å²) in [5.41, 5.74) is 6.29. The summed E-state index contributed by atoms with van der Waals surface area (Å²) in [5, 5.41) is 0. The number of hydrogen-bond acceptors (Lipinski definition) is 4. The van der Waals surface area contributed by atoms with Gasteiger partial charge in [-0.25, -0.2) is 9.78 Å². The van der Waals surface area contributed by atoms with Gasteiger partial charge in [0, 0.05) is 22.3 Å². The summed E-state index contributed by atoms with van der Waals surface area (Å²) in [6, 6.07) is 1.78. The fraction of sp³-hybridized carbons (Fsp3) is 0.200. The van der Waals surface area contributed by atoms with Crippen molar-refractivity contribution in [1.29, 1.82) is 0 Å². The van der Waals surface area contributed by atoms with Gasteiger partial charge in [0.15, 0.2) is 0 Å². The highest BCUT2D eigenvalue weighted by Crippen LogP contribution is 2.16. The minimum absolute atomic E-state index is 0.357. The van der Waals surface area contributed by atoms with E-state index in [0.717, 1.165) is 4.47 Å². The summed E-state index contributed by atoms with van der Waals surface area (Å²) in [7, 11) is 0. The average Bonchev–Trinajstić information content (AvgIpc) is 2.20. The van der Waals surface area contributed by atoms with Crippen molar-refractivity contribution < 1.29 is 9.53 Å². The number of pyridine rings is 1. The molecular weight excluding hydrogens is 260 g/mol. The molecule has 0 amide bonds. The molecule has 15 heavy (non-hydrogen) atoms. The Kier molecular flexibility index (Phi) is 4.30. The number of nitrogens with two attached hydrogens (primary N) is 1. The van der Waals surface area contributed by atoms with Crippen LogP contribution >= 0.6 is 15.9 Å². The number of nitrogen functional groups attached to an aromatic ring is 1. The summed E-state index contributed by atoms with van der Waals surface area (Å²) in [6.45, 7) is 2.11. The van der Waals surface area contributed by atoms with Gasteiger partial charge in [0.05, 0.1) is 6.61 Å². The lowest BCUT2D eigenvalue weighted by Crippen LogP contribution is -1.99. The molecule has 0 atom stereocenters. The second-order valence-electron chi connectivity index (χ2n) is 2.71. The van der Waals surface area contributed by atoms with Crippen molar-refractivity contribution in [3.8, 4) is 0 Å². The fourth-order valence-electron chi connectivity index (χ4n) is 0.947. The van der Waals surface area contributed by atoms with Gasteiger partial charge in [-0.2, -0.15) is 0 Å². The van der Waals surface area contributed by atoms with Crippen LogP contribution in [0, 0.1) is 0 Å². The number of aromatic nitrogens is 1. The maximum atomic E-state index is 11.0. The predicted octanol–water partition coefficient (Wildman–Crippen LogP) is 2.00. The molecule has 0 saturated carbocycles. The van der Waals surface area contributed by atoms with Crippen LogP contribution in [-0.2, 0) is 9.53 Å². The highest BCUT2D eigenvalue weighted by atomic mass is 79.9. The van der Waals surface area contributed by atoms with Crippen molar-refractivity contribution >= 4 is 33.8 Å². The van der Waals surface area contributed by atoms with Crippen molar-refractivity contribution in [2.45, 2.75) is 6.92 Å². The molecule has 1 aromatic heterocycles. The van der Waals surface area contributed by atoms with E-state index < -0.39 is 5.97 Å².